The minimum atomic E-state index is 0.388. The monoisotopic (exact) mass is 193 g/mol. The first-order valence-corrected chi connectivity index (χ1v) is 4.77. The average Bonchev–Trinajstić information content (AvgIpc) is 2.91. The minimum absolute atomic E-state index is 0.388. The highest BCUT2D eigenvalue weighted by Crippen LogP contribution is 2.32. The van der Waals surface area contributed by atoms with E-state index in [0.717, 1.165) is 24.4 Å². The summed E-state index contributed by atoms with van der Waals surface area (Å²) in [5.41, 5.74) is 5.62. The van der Waals surface area contributed by atoms with Gasteiger partial charge in [-0.25, -0.2) is 4.98 Å². The smallest absolute Gasteiger partial charge is 0.173 e. The van der Waals surface area contributed by atoms with Gasteiger partial charge < -0.3 is 15.4 Å². The molecule has 0 radical (unpaired) electrons. The molecule has 14 heavy (non-hydrogen) atoms. The molecule has 1 aromatic heterocycles. The molecular weight excluding hydrogens is 178 g/mol. The Morgan fingerprint density at radius 2 is 2.14 bits per heavy atom. The predicted octanol–water partition coefficient (Wildman–Crippen LogP) is 1.27. The summed E-state index contributed by atoms with van der Waals surface area (Å²) in [6, 6.07) is 3.65. The number of hydrogen-bond donors (Lipinski definition) is 1. The maximum Gasteiger partial charge on any atom is 0.173 e. The summed E-state index contributed by atoms with van der Waals surface area (Å²) in [5, 5.41) is 0. The lowest BCUT2D eigenvalue weighted by atomic mass is 10.4. The Balaban J connectivity index is 2.26. The Bertz CT molecular complexity index is 334. The first-order chi connectivity index (χ1) is 6.66. The molecule has 1 aromatic rings. The van der Waals surface area contributed by atoms with E-state index in [2.05, 4.69) is 4.98 Å². The maximum atomic E-state index is 5.71. The van der Waals surface area contributed by atoms with Crippen LogP contribution in [0.25, 0.3) is 0 Å². The molecule has 0 unspecified atom stereocenters. The highest BCUT2D eigenvalue weighted by atomic mass is 16.5. The average molecular weight is 193 g/mol. The number of rotatable bonds is 3. The lowest BCUT2D eigenvalue weighted by molar-refractivity contribution is 0.303. The molecule has 2 rings (SSSR count). The molecule has 0 atom stereocenters. The summed E-state index contributed by atoms with van der Waals surface area (Å²) in [7, 11) is 3.86. The molecule has 0 spiro atoms. The molecule has 4 heteroatoms. The summed E-state index contributed by atoms with van der Waals surface area (Å²) < 4.78 is 5.71. The van der Waals surface area contributed by atoms with Crippen molar-refractivity contribution in [2.75, 3.05) is 24.7 Å². The zero-order chi connectivity index (χ0) is 10.1. The van der Waals surface area contributed by atoms with E-state index in [1.54, 1.807) is 6.07 Å². The van der Waals surface area contributed by atoms with Gasteiger partial charge in [-0.15, -0.1) is 0 Å². The summed E-state index contributed by atoms with van der Waals surface area (Å²) >= 11 is 0. The van der Waals surface area contributed by atoms with Crippen molar-refractivity contribution in [1.29, 1.82) is 0 Å². The third-order valence-corrected chi connectivity index (χ3v) is 2.10. The standard InChI is InChI=1S/C10H15N3O/c1-13(2)10-8(14-7-3-4-7)5-6-9(11)12-10/h5-7H,3-4H2,1-2H3,(H2,11,12). The second-order valence-corrected chi connectivity index (χ2v) is 3.77. The van der Waals surface area contributed by atoms with Crippen LogP contribution in [0.3, 0.4) is 0 Å². The molecule has 0 bridgehead atoms. The molecule has 0 saturated heterocycles. The lowest BCUT2D eigenvalue weighted by Gasteiger charge is -2.16. The number of hydrogen-bond acceptors (Lipinski definition) is 4. The van der Waals surface area contributed by atoms with Crippen LogP contribution in [-0.2, 0) is 0 Å². The van der Waals surface area contributed by atoms with Gasteiger partial charge in [0.1, 0.15) is 5.82 Å². The van der Waals surface area contributed by atoms with E-state index in [1.165, 1.54) is 0 Å². The van der Waals surface area contributed by atoms with Gasteiger partial charge in [0, 0.05) is 14.1 Å². The number of nitrogens with zero attached hydrogens (tertiary/aromatic N) is 2. The fraction of sp³-hybridized carbons (Fsp3) is 0.500. The number of ether oxygens (including phenoxy) is 1. The van der Waals surface area contributed by atoms with Crippen molar-refractivity contribution in [2.45, 2.75) is 18.9 Å². The van der Waals surface area contributed by atoms with Crippen LogP contribution in [0.15, 0.2) is 12.1 Å². The number of pyridine rings is 1. The van der Waals surface area contributed by atoms with Crippen molar-refractivity contribution in [3.8, 4) is 5.75 Å². The van der Waals surface area contributed by atoms with Crippen molar-refractivity contribution in [3.63, 3.8) is 0 Å². The van der Waals surface area contributed by atoms with Crippen LogP contribution in [0, 0.1) is 0 Å². The minimum Gasteiger partial charge on any atom is -0.487 e. The second kappa shape index (κ2) is 3.36. The van der Waals surface area contributed by atoms with E-state index >= 15 is 0 Å². The zero-order valence-electron chi connectivity index (χ0n) is 8.53. The summed E-state index contributed by atoms with van der Waals surface area (Å²) in [4.78, 5) is 6.14. The number of anilines is 2. The van der Waals surface area contributed by atoms with Crippen LogP contribution < -0.4 is 15.4 Å². The third-order valence-electron chi connectivity index (χ3n) is 2.10. The topological polar surface area (TPSA) is 51.4 Å². The normalized spacial score (nSPS) is 15.3. The first kappa shape index (κ1) is 9.12. The Morgan fingerprint density at radius 3 is 2.71 bits per heavy atom. The quantitative estimate of drug-likeness (QED) is 0.785. The van der Waals surface area contributed by atoms with Gasteiger partial charge in [0.2, 0.25) is 0 Å². The van der Waals surface area contributed by atoms with Gasteiger partial charge >= 0.3 is 0 Å². The molecule has 0 aliphatic heterocycles. The Morgan fingerprint density at radius 1 is 1.43 bits per heavy atom. The van der Waals surface area contributed by atoms with Crippen LogP contribution in [0.1, 0.15) is 12.8 Å². The zero-order valence-corrected chi connectivity index (χ0v) is 8.53. The molecule has 0 aromatic carbocycles. The van der Waals surface area contributed by atoms with Crippen molar-refractivity contribution >= 4 is 11.6 Å². The van der Waals surface area contributed by atoms with Crippen LogP contribution in [0.4, 0.5) is 11.6 Å². The van der Waals surface area contributed by atoms with Gasteiger partial charge in [0.05, 0.1) is 6.10 Å². The van der Waals surface area contributed by atoms with Gasteiger partial charge in [0.25, 0.3) is 0 Å². The van der Waals surface area contributed by atoms with E-state index in [4.69, 9.17) is 10.5 Å². The molecule has 1 saturated carbocycles. The van der Waals surface area contributed by atoms with Crippen LogP contribution >= 0.6 is 0 Å². The SMILES string of the molecule is CN(C)c1nc(N)ccc1OC1CC1. The highest BCUT2D eigenvalue weighted by Gasteiger charge is 2.25. The molecule has 4 nitrogen and oxygen atoms in total. The van der Waals surface area contributed by atoms with E-state index < -0.39 is 0 Å². The lowest BCUT2D eigenvalue weighted by Crippen LogP contribution is -2.14. The molecule has 1 heterocycles. The maximum absolute atomic E-state index is 5.71. The van der Waals surface area contributed by atoms with E-state index in [-0.39, 0.29) is 0 Å². The molecular formula is C10H15N3O. The third kappa shape index (κ3) is 1.89. The van der Waals surface area contributed by atoms with E-state index in [1.807, 2.05) is 25.1 Å². The van der Waals surface area contributed by atoms with Crippen molar-refractivity contribution in [3.05, 3.63) is 12.1 Å². The number of aromatic nitrogens is 1. The van der Waals surface area contributed by atoms with Gasteiger partial charge in [-0.2, -0.15) is 0 Å². The van der Waals surface area contributed by atoms with Crippen molar-refractivity contribution < 1.29 is 4.74 Å². The fourth-order valence-corrected chi connectivity index (χ4v) is 1.23. The predicted molar refractivity (Wildman–Crippen MR) is 56.6 cm³/mol. The van der Waals surface area contributed by atoms with E-state index in [0.29, 0.717) is 11.9 Å². The molecule has 1 aliphatic carbocycles. The Labute approximate surface area is 83.7 Å². The van der Waals surface area contributed by atoms with Gasteiger partial charge in [-0.1, -0.05) is 0 Å². The molecule has 1 fully saturated rings. The van der Waals surface area contributed by atoms with E-state index in [9.17, 15) is 0 Å². The molecule has 76 valence electrons. The Kier molecular flexibility index (Phi) is 2.19. The van der Waals surface area contributed by atoms with Gasteiger partial charge in [-0.3, -0.25) is 0 Å². The Hall–Kier alpha value is -1.45. The van der Waals surface area contributed by atoms with Crippen LogP contribution in [0.2, 0.25) is 0 Å². The summed E-state index contributed by atoms with van der Waals surface area (Å²) in [5.74, 6) is 2.15. The molecule has 1 aliphatic rings. The van der Waals surface area contributed by atoms with Gasteiger partial charge in [-0.05, 0) is 25.0 Å². The van der Waals surface area contributed by atoms with Crippen molar-refractivity contribution in [2.24, 2.45) is 0 Å². The summed E-state index contributed by atoms with van der Waals surface area (Å²) in [6.07, 6.45) is 2.69. The van der Waals surface area contributed by atoms with Crippen LogP contribution in [-0.4, -0.2) is 25.2 Å². The fourth-order valence-electron chi connectivity index (χ4n) is 1.23. The van der Waals surface area contributed by atoms with Crippen molar-refractivity contribution in [1.82, 2.24) is 4.98 Å². The largest absolute Gasteiger partial charge is 0.487 e. The number of nitrogens with two attached hydrogens (primary N) is 1. The van der Waals surface area contributed by atoms with Crippen LogP contribution in [0.5, 0.6) is 5.75 Å². The first-order valence-electron chi connectivity index (χ1n) is 4.77. The molecule has 2 N–H and O–H groups in total. The summed E-state index contributed by atoms with van der Waals surface area (Å²) in [6.45, 7) is 0. The molecule has 0 amide bonds. The number of nitrogen functional groups attached to an aromatic ring is 1. The highest BCUT2D eigenvalue weighted by molar-refractivity contribution is 5.55. The van der Waals surface area contributed by atoms with Gasteiger partial charge in [0.15, 0.2) is 11.6 Å². The second-order valence-electron chi connectivity index (χ2n) is 3.77.